The zero-order valence-electron chi connectivity index (χ0n) is 9.33. The molecule has 0 saturated carbocycles. The van der Waals surface area contributed by atoms with Gasteiger partial charge in [-0.2, -0.15) is 0 Å². The number of rotatable bonds is 5. The van der Waals surface area contributed by atoms with Crippen molar-refractivity contribution < 1.29 is 18.7 Å². The van der Waals surface area contributed by atoms with Gasteiger partial charge in [-0.15, -0.1) is 0 Å². The lowest BCUT2D eigenvalue weighted by molar-refractivity contribution is -0.146. The molecule has 0 aliphatic carbocycles. The molecule has 0 spiro atoms. The van der Waals surface area contributed by atoms with Gasteiger partial charge < -0.3 is 15.2 Å². The summed E-state index contributed by atoms with van der Waals surface area (Å²) < 4.78 is 22.8. The van der Waals surface area contributed by atoms with E-state index in [2.05, 4.69) is 0 Å². The summed E-state index contributed by atoms with van der Waals surface area (Å²) in [6.45, 7) is 1.93. The van der Waals surface area contributed by atoms with Crippen LogP contribution in [0, 0.1) is 5.82 Å². The van der Waals surface area contributed by atoms with Gasteiger partial charge >= 0.3 is 5.97 Å². The molecule has 0 amide bonds. The van der Waals surface area contributed by atoms with Crippen molar-refractivity contribution >= 4 is 23.3 Å². The van der Waals surface area contributed by atoms with Gasteiger partial charge in [-0.1, -0.05) is 18.5 Å². The smallest absolute Gasteiger partial charge is 0.344 e. The third-order valence-electron chi connectivity index (χ3n) is 1.86. The first kappa shape index (κ1) is 13.6. The molecule has 0 radical (unpaired) electrons. The average molecular weight is 262 g/mol. The third kappa shape index (κ3) is 4.11. The van der Waals surface area contributed by atoms with Crippen molar-refractivity contribution in [2.45, 2.75) is 13.3 Å². The monoisotopic (exact) mass is 261 g/mol. The van der Waals surface area contributed by atoms with Crippen LogP contribution in [-0.2, 0) is 9.53 Å². The van der Waals surface area contributed by atoms with Crippen LogP contribution in [-0.4, -0.2) is 19.2 Å². The van der Waals surface area contributed by atoms with Crippen molar-refractivity contribution in [2.24, 2.45) is 0 Å². The summed E-state index contributed by atoms with van der Waals surface area (Å²) in [5, 5.41) is 0.0555. The van der Waals surface area contributed by atoms with Gasteiger partial charge in [0.05, 0.1) is 17.3 Å². The van der Waals surface area contributed by atoms with E-state index in [1.807, 2.05) is 6.92 Å². The van der Waals surface area contributed by atoms with Crippen molar-refractivity contribution in [3.8, 4) is 5.75 Å². The third-order valence-corrected chi connectivity index (χ3v) is 2.16. The predicted octanol–water partition coefficient (Wildman–Crippen LogP) is 2.39. The molecule has 1 aromatic rings. The largest absolute Gasteiger partial charge is 0.480 e. The van der Waals surface area contributed by atoms with Gasteiger partial charge in [0.1, 0.15) is 11.6 Å². The lowest BCUT2D eigenvalue weighted by Crippen LogP contribution is -2.15. The molecule has 94 valence electrons. The first-order valence-corrected chi connectivity index (χ1v) is 5.45. The Morgan fingerprint density at radius 3 is 2.88 bits per heavy atom. The summed E-state index contributed by atoms with van der Waals surface area (Å²) >= 11 is 5.72. The number of carbonyl (C=O) groups excluding carboxylic acids is 1. The van der Waals surface area contributed by atoms with Crippen molar-refractivity contribution in [2.75, 3.05) is 18.9 Å². The Labute approximate surface area is 103 Å². The quantitative estimate of drug-likeness (QED) is 0.653. The molecule has 17 heavy (non-hydrogen) atoms. The van der Waals surface area contributed by atoms with E-state index in [1.165, 1.54) is 6.07 Å². The van der Waals surface area contributed by atoms with Gasteiger partial charge in [0.15, 0.2) is 6.61 Å². The van der Waals surface area contributed by atoms with E-state index in [4.69, 9.17) is 26.8 Å². The minimum absolute atomic E-state index is 0.0555. The zero-order chi connectivity index (χ0) is 12.8. The molecule has 6 heteroatoms. The summed E-state index contributed by atoms with van der Waals surface area (Å²) in [5.41, 5.74) is 5.25. The highest BCUT2D eigenvalue weighted by Gasteiger charge is 2.10. The molecular formula is C11H13ClFNO3. The van der Waals surface area contributed by atoms with E-state index in [9.17, 15) is 9.18 Å². The molecule has 0 aliphatic rings. The molecule has 0 unspecified atom stereocenters. The summed E-state index contributed by atoms with van der Waals surface area (Å²) in [6, 6.07) is 2.26. The number of benzene rings is 1. The molecule has 0 aliphatic heterocycles. The van der Waals surface area contributed by atoms with Crippen LogP contribution in [0.4, 0.5) is 10.1 Å². The number of hydrogen-bond donors (Lipinski definition) is 1. The fraction of sp³-hybridized carbons (Fsp3) is 0.364. The second-order valence-electron chi connectivity index (χ2n) is 3.31. The van der Waals surface area contributed by atoms with Gasteiger partial charge in [-0.25, -0.2) is 9.18 Å². The zero-order valence-corrected chi connectivity index (χ0v) is 10.1. The number of nitrogens with two attached hydrogens (primary N) is 1. The maximum atomic E-state index is 13.0. The topological polar surface area (TPSA) is 61.5 Å². The molecule has 0 bridgehead atoms. The molecule has 4 nitrogen and oxygen atoms in total. The highest BCUT2D eigenvalue weighted by molar-refractivity contribution is 6.32. The Bertz CT molecular complexity index is 412. The van der Waals surface area contributed by atoms with Crippen molar-refractivity contribution in [1.82, 2.24) is 0 Å². The number of hydrogen-bond acceptors (Lipinski definition) is 4. The molecule has 2 N–H and O–H groups in total. The van der Waals surface area contributed by atoms with Gasteiger partial charge in [0, 0.05) is 6.07 Å². The summed E-state index contributed by atoms with van der Waals surface area (Å²) in [6.07, 6.45) is 0.732. The van der Waals surface area contributed by atoms with Crippen LogP contribution in [0.2, 0.25) is 5.02 Å². The second kappa shape index (κ2) is 6.30. The van der Waals surface area contributed by atoms with Crippen LogP contribution in [0.3, 0.4) is 0 Å². The van der Waals surface area contributed by atoms with Crippen LogP contribution in [0.15, 0.2) is 12.1 Å². The molecule has 1 aromatic carbocycles. The first-order chi connectivity index (χ1) is 8.04. The number of esters is 1. The number of ether oxygens (including phenoxy) is 2. The number of nitrogen functional groups attached to an aromatic ring is 1. The molecule has 0 aromatic heterocycles. The fourth-order valence-corrected chi connectivity index (χ4v) is 1.25. The number of carbonyl (C=O) groups is 1. The Kier molecular flexibility index (Phi) is 5.03. The van der Waals surface area contributed by atoms with Crippen LogP contribution < -0.4 is 10.5 Å². The molecular weight excluding hydrogens is 249 g/mol. The van der Waals surface area contributed by atoms with E-state index in [0.717, 1.165) is 12.5 Å². The summed E-state index contributed by atoms with van der Waals surface area (Å²) in [5.74, 6) is -0.985. The van der Waals surface area contributed by atoms with E-state index >= 15 is 0 Å². The van der Waals surface area contributed by atoms with Crippen LogP contribution in [0.5, 0.6) is 5.75 Å². The highest BCUT2D eigenvalue weighted by Crippen LogP contribution is 2.28. The lowest BCUT2D eigenvalue weighted by atomic mass is 10.3. The predicted molar refractivity (Wildman–Crippen MR) is 62.6 cm³/mol. The normalized spacial score (nSPS) is 10.1. The molecule has 0 fully saturated rings. The Balaban J connectivity index is 2.57. The minimum atomic E-state index is -0.629. The van der Waals surface area contributed by atoms with Crippen molar-refractivity contribution in [3.05, 3.63) is 23.0 Å². The van der Waals surface area contributed by atoms with Crippen molar-refractivity contribution in [3.63, 3.8) is 0 Å². The first-order valence-electron chi connectivity index (χ1n) is 5.07. The van der Waals surface area contributed by atoms with Gasteiger partial charge in [0.2, 0.25) is 0 Å². The Morgan fingerprint density at radius 1 is 1.53 bits per heavy atom. The second-order valence-corrected chi connectivity index (χ2v) is 3.72. The summed E-state index contributed by atoms with van der Waals surface area (Å²) in [4.78, 5) is 11.1. The van der Waals surface area contributed by atoms with Gasteiger partial charge in [0.25, 0.3) is 0 Å². The SMILES string of the molecule is CCCOC(=O)COc1cc(N)c(F)cc1Cl. The Morgan fingerprint density at radius 2 is 2.24 bits per heavy atom. The fourth-order valence-electron chi connectivity index (χ4n) is 1.05. The van der Waals surface area contributed by atoms with Crippen molar-refractivity contribution in [1.29, 1.82) is 0 Å². The summed E-state index contributed by atoms with van der Waals surface area (Å²) in [7, 11) is 0. The van der Waals surface area contributed by atoms with E-state index in [0.29, 0.717) is 6.61 Å². The molecule has 0 saturated heterocycles. The lowest BCUT2D eigenvalue weighted by Gasteiger charge is -2.09. The minimum Gasteiger partial charge on any atom is -0.480 e. The Hall–Kier alpha value is -1.49. The van der Waals surface area contributed by atoms with E-state index in [1.54, 1.807) is 0 Å². The highest BCUT2D eigenvalue weighted by atomic mass is 35.5. The molecule has 0 atom stereocenters. The number of halogens is 2. The van der Waals surface area contributed by atoms with Crippen LogP contribution in [0.1, 0.15) is 13.3 Å². The van der Waals surface area contributed by atoms with Crippen LogP contribution in [0.25, 0.3) is 0 Å². The number of anilines is 1. The van der Waals surface area contributed by atoms with E-state index < -0.39 is 11.8 Å². The molecule has 1 rings (SSSR count). The van der Waals surface area contributed by atoms with Gasteiger partial charge in [-0.05, 0) is 12.5 Å². The van der Waals surface area contributed by atoms with E-state index in [-0.39, 0.29) is 23.1 Å². The van der Waals surface area contributed by atoms with Crippen LogP contribution >= 0.6 is 11.6 Å². The standard InChI is InChI=1S/C11H13ClFNO3/c1-2-3-16-11(15)6-17-10-5-9(14)8(13)4-7(10)12/h4-5H,2-3,6,14H2,1H3. The maximum Gasteiger partial charge on any atom is 0.344 e. The maximum absolute atomic E-state index is 13.0. The average Bonchev–Trinajstić information content (AvgIpc) is 2.29. The van der Waals surface area contributed by atoms with Gasteiger partial charge in [-0.3, -0.25) is 0 Å². The molecule has 0 heterocycles.